The third-order valence-corrected chi connectivity index (χ3v) is 6.72. The molecule has 1 aromatic carbocycles. The number of para-hydroxylation sites is 1. The van der Waals surface area contributed by atoms with Gasteiger partial charge in [-0.3, -0.25) is 19.0 Å². The summed E-state index contributed by atoms with van der Waals surface area (Å²) in [7, 11) is 0. The zero-order valence-electron chi connectivity index (χ0n) is 18.2. The van der Waals surface area contributed by atoms with Gasteiger partial charge in [0.05, 0.1) is 22.9 Å². The van der Waals surface area contributed by atoms with Crippen LogP contribution >= 0.6 is 11.8 Å². The van der Waals surface area contributed by atoms with Crippen molar-refractivity contribution in [1.82, 2.24) is 19.4 Å². The van der Waals surface area contributed by atoms with Gasteiger partial charge in [-0.15, -0.1) is 0 Å². The number of furan rings is 1. The molecule has 9 heteroatoms. The molecular formula is C23H26N4O4S. The van der Waals surface area contributed by atoms with Crippen LogP contribution in [0, 0.1) is 0 Å². The van der Waals surface area contributed by atoms with Crippen LogP contribution < -0.4 is 5.56 Å². The van der Waals surface area contributed by atoms with E-state index in [9.17, 15) is 14.4 Å². The summed E-state index contributed by atoms with van der Waals surface area (Å²) >= 11 is 1.29. The molecular weight excluding hydrogens is 428 g/mol. The molecule has 1 atom stereocenters. The average molecular weight is 455 g/mol. The largest absolute Gasteiger partial charge is 0.459 e. The molecule has 8 nitrogen and oxygen atoms in total. The lowest BCUT2D eigenvalue weighted by Gasteiger charge is -2.34. The Bertz CT molecular complexity index is 1170. The minimum Gasteiger partial charge on any atom is -0.459 e. The van der Waals surface area contributed by atoms with Crippen molar-refractivity contribution in [2.75, 3.05) is 31.9 Å². The second-order valence-electron chi connectivity index (χ2n) is 7.78. The van der Waals surface area contributed by atoms with Crippen LogP contribution in [0.5, 0.6) is 0 Å². The molecule has 3 heterocycles. The number of nitrogens with zero attached hydrogens (tertiary/aromatic N) is 4. The maximum atomic E-state index is 13.1. The number of carbonyl (C=O) groups excluding carboxylic acids is 2. The average Bonchev–Trinajstić information content (AvgIpc) is 3.37. The van der Waals surface area contributed by atoms with Crippen LogP contribution in [-0.2, 0) is 4.79 Å². The number of carbonyl (C=O) groups is 2. The molecule has 0 radical (unpaired) electrons. The highest BCUT2D eigenvalue weighted by molar-refractivity contribution is 7.99. The predicted molar refractivity (Wildman–Crippen MR) is 123 cm³/mol. The third kappa shape index (κ3) is 4.43. The zero-order chi connectivity index (χ0) is 22.7. The number of piperazine rings is 1. The first kappa shape index (κ1) is 22.1. The molecule has 1 aliphatic heterocycles. The fourth-order valence-corrected chi connectivity index (χ4v) is 4.73. The standard InChI is InChI=1S/C23H26N4O4S/c1-3-16(2)27-21(29)17-7-4-5-8-18(17)24-23(27)32-15-20(28)25-10-12-26(13-11-25)22(30)19-9-6-14-31-19/h4-9,14,16H,3,10-13,15H2,1-2H3. The molecule has 1 saturated heterocycles. The highest BCUT2D eigenvalue weighted by Crippen LogP contribution is 2.23. The minimum atomic E-state index is -0.158. The van der Waals surface area contributed by atoms with Gasteiger partial charge in [-0.25, -0.2) is 4.98 Å². The van der Waals surface area contributed by atoms with Crippen LogP contribution in [-0.4, -0.2) is 63.1 Å². The second-order valence-corrected chi connectivity index (χ2v) is 8.73. The number of hydrogen-bond donors (Lipinski definition) is 0. The first-order valence-electron chi connectivity index (χ1n) is 10.7. The van der Waals surface area contributed by atoms with E-state index in [1.54, 1.807) is 32.6 Å². The summed E-state index contributed by atoms with van der Waals surface area (Å²) in [6.45, 7) is 5.86. The van der Waals surface area contributed by atoms with E-state index in [1.807, 2.05) is 32.0 Å². The number of aromatic nitrogens is 2. The Kier molecular flexibility index (Phi) is 6.64. The van der Waals surface area contributed by atoms with Crippen LogP contribution in [0.15, 0.2) is 57.0 Å². The SMILES string of the molecule is CCC(C)n1c(SCC(=O)N2CCN(C(=O)c3ccco3)CC2)nc2ccccc2c1=O. The zero-order valence-corrected chi connectivity index (χ0v) is 19.0. The maximum absolute atomic E-state index is 13.1. The van der Waals surface area contributed by atoms with E-state index >= 15 is 0 Å². The molecule has 1 aliphatic rings. The van der Waals surface area contributed by atoms with Crippen molar-refractivity contribution >= 4 is 34.5 Å². The van der Waals surface area contributed by atoms with Gasteiger partial charge in [0, 0.05) is 32.2 Å². The Morgan fingerprint density at radius 2 is 1.81 bits per heavy atom. The first-order valence-corrected chi connectivity index (χ1v) is 11.7. The summed E-state index contributed by atoms with van der Waals surface area (Å²) in [5.74, 6) is 0.311. The summed E-state index contributed by atoms with van der Waals surface area (Å²) in [6.07, 6.45) is 2.26. The van der Waals surface area contributed by atoms with Crippen molar-refractivity contribution in [3.8, 4) is 0 Å². The molecule has 0 aliphatic carbocycles. The molecule has 0 saturated carbocycles. The quantitative estimate of drug-likeness (QED) is 0.420. The van der Waals surface area contributed by atoms with Crippen molar-refractivity contribution in [2.24, 2.45) is 0 Å². The van der Waals surface area contributed by atoms with Gasteiger partial charge in [-0.2, -0.15) is 0 Å². The fourth-order valence-electron chi connectivity index (χ4n) is 3.73. The number of benzene rings is 1. The minimum absolute atomic E-state index is 0.0200. The normalized spacial score (nSPS) is 15.2. The maximum Gasteiger partial charge on any atom is 0.289 e. The number of rotatable bonds is 6. The topological polar surface area (TPSA) is 88.7 Å². The second kappa shape index (κ2) is 9.60. The number of fused-ring (bicyclic) bond motifs is 1. The Labute approximate surface area is 190 Å². The van der Waals surface area contributed by atoms with Gasteiger partial charge in [-0.05, 0) is 37.6 Å². The van der Waals surface area contributed by atoms with E-state index in [0.717, 1.165) is 6.42 Å². The predicted octanol–water partition coefficient (Wildman–Crippen LogP) is 3.04. The van der Waals surface area contributed by atoms with Gasteiger partial charge in [0.1, 0.15) is 0 Å². The van der Waals surface area contributed by atoms with E-state index in [2.05, 4.69) is 4.98 Å². The molecule has 0 spiro atoms. The van der Waals surface area contributed by atoms with Gasteiger partial charge in [0.25, 0.3) is 11.5 Å². The molecule has 0 N–H and O–H groups in total. The molecule has 0 bridgehead atoms. The van der Waals surface area contributed by atoms with Crippen molar-refractivity contribution in [2.45, 2.75) is 31.5 Å². The summed E-state index contributed by atoms with van der Waals surface area (Å²) in [6, 6.07) is 10.6. The summed E-state index contributed by atoms with van der Waals surface area (Å²) < 4.78 is 6.87. The third-order valence-electron chi connectivity index (χ3n) is 5.78. The lowest BCUT2D eigenvalue weighted by molar-refractivity contribution is -0.129. The van der Waals surface area contributed by atoms with Crippen LogP contribution in [0.3, 0.4) is 0 Å². The van der Waals surface area contributed by atoms with E-state index in [4.69, 9.17) is 4.42 Å². The Hall–Kier alpha value is -3.07. The van der Waals surface area contributed by atoms with E-state index in [-0.39, 0.29) is 29.2 Å². The molecule has 168 valence electrons. The first-order chi connectivity index (χ1) is 15.5. The van der Waals surface area contributed by atoms with Crippen molar-refractivity contribution in [3.63, 3.8) is 0 Å². The fraction of sp³-hybridized carbons (Fsp3) is 0.391. The van der Waals surface area contributed by atoms with E-state index in [1.165, 1.54) is 18.0 Å². The molecule has 2 aromatic heterocycles. The smallest absolute Gasteiger partial charge is 0.289 e. The van der Waals surface area contributed by atoms with Gasteiger partial charge >= 0.3 is 0 Å². The van der Waals surface area contributed by atoms with Gasteiger partial charge < -0.3 is 14.2 Å². The van der Waals surface area contributed by atoms with Crippen LogP contribution in [0.4, 0.5) is 0 Å². The van der Waals surface area contributed by atoms with Crippen LogP contribution in [0.2, 0.25) is 0 Å². The Morgan fingerprint density at radius 3 is 2.50 bits per heavy atom. The highest BCUT2D eigenvalue weighted by Gasteiger charge is 2.26. The van der Waals surface area contributed by atoms with Crippen molar-refractivity contribution in [1.29, 1.82) is 0 Å². The lowest BCUT2D eigenvalue weighted by atomic mass is 10.2. The summed E-state index contributed by atoms with van der Waals surface area (Å²) in [4.78, 5) is 46.4. The van der Waals surface area contributed by atoms with E-state index < -0.39 is 0 Å². The van der Waals surface area contributed by atoms with Crippen molar-refractivity contribution in [3.05, 3.63) is 58.8 Å². The molecule has 1 unspecified atom stereocenters. The van der Waals surface area contributed by atoms with Gasteiger partial charge in [0.15, 0.2) is 10.9 Å². The van der Waals surface area contributed by atoms with Crippen LogP contribution in [0.25, 0.3) is 10.9 Å². The molecule has 1 fully saturated rings. The number of thioether (sulfide) groups is 1. The number of amides is 2. The monoisotopic (exact) mass is 454 g/mol. The molecule has 32 heavy (non-hydrogen) atoms. The number of hydrogen-bond acceptors (Lipinski definition) is 6. The lowest BCUT2D eigenvalue weighted by Crippen LogP contribution is -2.51. The highest BCUT2D eigenvalue weighted by atomic mass is 32.2. The summed E-state index contributed by atoms with van der Waals surface area (Å²) in [5.41, 5.74) is 0.557. The van der Waals surface area contributed by atoms with Gasteiger partial charge in [0.2, 0.25) is 5.91 Å². The Morgan fingerprint density at radius 1 is 1.09 bits per heavy atom. The molecule has 3 aromatic rings. The molecule has 4 rings (SSSR count). The molecule has 2 amide bonds. The van der Waals surface area contributed by atoms with E-state index in [0.29, 0.717) is 48.0 Å². The van der Waals surface area contributed by atoms with Crippen molar-refractivity contribution < 1.29 is 14.0 Å². The van der Waals surface area contributed by atoms with Crippen LogP contribution in [0.1, 0.15) is 36.9 Å². The van der Waals surface area contributed by atoms with Gasteiger partial charge in [-0.1, -0.05) is 30.8 Å². The Balaban J connectivity index is 1.43. The summed E-state index contributed by atoms with van der Waals surface area (Å²) in [5, 5.41) is 1.14.